The zero-order valence-corrected chi connectivity index (χ0v) is 58.4. The molecule has 0 aromatic heterocycles. The maximum atomic E-state index is 15.2. The summed E-state index contributed by atoms with van der Waals surface area (Å²) in [4.78, 5) is 32.5. The average molecular weight is 1280 g/mol. The molecule has 8 rings (SSSR count). The molecule has 1 spiro atoms. The van der Waals surface area contributed by atoms with Crippen LogP contribution in [-0.2, 0) is 17.4 Å². The first-order valence-electron chi connectivity index (χ1n) is 36.1. The van der Waals surface area contributed by atoms with Crippen molar-refractivity contribution in [3.63, 3.8) is 0 Å². The Morgan fingerprint density at radius 1 is 0.833 bits per heavy atom. The molecule has 90 heavy (non-hydrogen) atoms. The van der Waals surface area contributed by atoms with Gasteiger partial charge in [0.15, 0.2) is 0 Å². The van der Waals surface area contributed by atoms with E-state index in [2.05, 4.69) is 145 Å². The lowest BCUT2D eigenvalue weighted by Gasteiger charge is -2.61. The lowest BCUT2D eigenvalue weighted by molar-refractivity contribution is -0.165. The van der Waals surface area contributed by atoms with Gasteiger partial charge in [0.25, 0.3) is 0 Å². The van der Waals surface area contributed by atoms with Crippen LogP contribution in [0.5, 0.6) is 0 Å². The summed E-state index contributed by atoms with van der Waals surface area (Å²) in [6.07, 6.45) is 32.1. The Balaban J connectivity index is 1.10. The fourth-order valence-electron chi connectivity index (χ4n) is 16.5. The van der Waals surface area contributed by atoms with Crippen molar-refractivity contribution in [1.29, 1.82) is 0 Å². The number of rotatable bonds is 12. The molecular formula is C73H122ClF3N12O. The monoisotopic (exact) mass is 1270 g/mol. The van der Waals surface area contributed by atoms with Crippen LogP contribution in [0.15, 0.2) is 71.7 Å². The number of likely N-dealkylation sites (tertiary alicyclic amines) is 1. The fourth-order valence-corrected chi connectivity index (χ4v) is 16.8. The highest BCUT2D eigenvalue weighted by Crippen LogP contribution is 2.46. The smallest absolute Gasteiger partial charge is 0.390 e. The van der Waals surface area contributed by atoms with E-state index in [0.29, 0.717) is 54.5 Å². The topological polar surface area (TPSA) is 118 Å². The van der Waals surface area contributed by atoms with Gasteiger partial charge in [0.1, 0.15) is 0 Å². The lowest BCUT2D eigenvalue weighted by atomic mass is 9.71. The fraction of sp³-hybridized carbons (Fsp3) is 0.781. The van der Waals surface area contributed by atoms with E-state index in [0.717, 1.165) is 147 Å². The number of allylic oxidation sites excluding steroid dienone is 3. The van der Waals surface area contributed by atoms with E-state index in [1.54, 1.807) is 0 Å². The molecule has 5 unspecified atom stereocenters. The van der Waals surface area contributed by atoms with Crippen molar-refractivity contribution in [3.05, 3.63) is 82.8 Å². The zero-order valence-electron chi connectivity index (χ0n) is 57.6. The molecule has 1 amide bonds. The normalized spacial score (nSPS) is 30.6. The number of carbonyl (C=O) groups excluding carboxylic acids is 1. The number of carbonyl (C=O) groups is 1. The highest BCUT2D eigenvalue weighted by molar-refractivity contribution is 6.31. The number of benzene rings is 1. The predicted molar refractivity (Wildman–Crippen MR) is 368 cm³/mol. The Kier molecular flexibility index (Phi) is 27.8. The van der Waals surface area contributed by atoms with Crippen LogP contribution in [-0.4, -0.2) is 162 Å². The van der Waals surface area contributed by atoms with Crippen molar-refractivity contribution in [1.82, 2.24) is 56.4 Å². The van der Waals surface area contributed by atoms with Gasteiger partial charge in [0.05, 0.1) is 16.5 Å². The summed E-state index contributed by atoms with van der Waals surface area (Å²) in [5.41, 5.74) is 3.37. The zero-order chi connectivity index (χ0) is 64.5. The summed E-state index contributed by atoms with van der Waals surface area (Å²) in [5, 5.41) is 24.3. The van der Waals surface area contributed by atoms with Gasteiger partial charge in [-0.3, -0.25) is 14.7 Å². The largest absolute Gasteiger partial charge is 0.417 e. The molecule has 13 nitrogen and oxygen atoms in total. The Hall–Kier alpha value is -3.64. The Morgan fingerprint density at radius 2 is 1.58 bits per heavy atom. The quantitative estimate of drug-likeness (QED) is 0.120. The summed E-state index contributed by atoms with van der Waals surface area (Å²) in [6.45, 7) is 28.5. The van der Waals surface area contributed by atoms with Crippen LogP contribution in [0.4, 0.5) is 13.2 Å². The maximum Gasteiger partial charge on any atom is 0.417 e. The van der Waals surface area contributed by atoms with Gasteiger partial charge in [-0.25, -0.2) is 0 Å². The number of aryl methyl sites for hydroxylation is 1. The highest BCUT2D eigenvalue weighted by Gasteiger charge is 2.57. The molecule has 11 atom stereocenters. The van der Waals surface area contributed by atoms with Crippen molar-refractivity contribution in [2.45, 2.75) is 270 Å². The summed E-state index contributed by atoms with van der Waals surface area (Å²) in [7, 11) is 4.28. The van der Waals surface area contributed by atoms with Crippen LogP contribution >= 0.6 is 11.6 Å². The second-order valence-electron chi connectivity index (χ2n) is 29.3. The van der Waals surface area contributed by atoms with Gasteiger partial charge in [-0.1, -0.05) is 97.2 Å². The van der Waals surface area contributed by atoms with Gasteiger partial charge < -0.3 is 51.5 Å². The Bertz CT molecular complexity index is 2520. The number of hydrogen-bond acceptors (Lipinski definition) is 12. The van der Waals surface area contributed by atoms with E-state index >= 15 is 4.79 Å². The first-order valence-corrected chi connectivity index (χ1v) is 36.5. The van der Waals surface area contributed by atoms with E-state index < -0.39 is 11.7 Å². The number of piperidine rings is 1. The molecule has 508 valence electrons. The molecule has 0 radical (unpaired) electrons. The third-order valence-electron chi connectivity index (χ3n) is 22.2. The van der Waals surface area contributed by atoms with Crippen molar-refractivity contribution in [3.8, 4) is 0 Å². The van der Waals surface area contributed by atoms with Crippen molar-refractivity contribution in [2.24, 2.45) is 34.6 Å². The number of hydrogen-bond donors (Lipinski definition) is 6. The van der Waals surface area contributed by atoms with Gasteiger partial charge in [0.2, 0.25) is 5.91 Å². The van der Waals surface area contributed by atoms with Gasteiger partial charge in [-0.15, -0.1) is 0 Å². The second-order valence-corrected chi connectivity index (χ2v) is 29.7. The lowest BCUT2D eigenvalue weighted by Crippen LogP contribution is -2.77. The van der Waals surface area contributed by atoms with Gasteiger partial charge in [-0.2, -0.15) is 13.2 Å². The van der Waals surface area contributed by atoms with Crippen LogP contribution in [0.1, 0.15) is 208 Å². The molecule has 6 fully saturated rings. The molecule has 7 aliphatic rings. The van der Waals surface area contributed by atoms with Crippen molar-refractivity contribution < 1.29 is 18.0 Å². The molecule has 1 aromatic rings. The summed E-state index contributed by atoms with van der Waals surface area (Å²) in [6, 6.07) is 6.28. The standard InChI is InChI=1S/C73H122ClF3N12O/c1-12-23-66-69(71(90)87-40-19-14-20-41-87)67-47-81-54(7)64(44-51(3)4)82-46-65(52(5)13-2)83-53(6)56(9)88-42-22-28-61(88)48-86(11)68(58-26-21-27-58)49-85(10)43-39-80-60(31-29-57-30-32-62(63(74)45-57)73(75,76)77)33-36-78-37-38-79-50-72(34-17-18-35-72)84-55(8)70(89(66)67)59-24-15-16-25-59/h30,32-33,36,39,43,45,48-49,51-56,58-59,64-67,69-70,78-79,81-84H,12-29,31,34-35,37-38,40-42,44,46-47,50H2,1-11H3/t52-,53?,54?,55?,56-,64-,65+,66?,67?,69-,70+/m0/s1. The Morgan fingerprint density at radius 3 is 2.24 bits per heavy atom. The molecule has 1 aromatic carbocycles. The maximum absolute atomic E-state index is 15.2. The molecule has 4 heterocycles. The van der Waals surface area contributed by atoms with E-state index in [4.69, 9.17) is 16.6 Å². The minimum absolute atomic E-state index is 0.00969. The van der Waals surface area contributed by atoms with E-state index in [9.17, 15) is 13.2 Å². The Labute approximate surface area is 548 Å². The SMILES string of the molecule is CCCC1[C@H](C(=O)N2CCCCC2)C2CNC(C)[C@H](CC(C)C)NC[C@H]([C@@H](C)CC)NC(C)[C@H](C)N3CCCC3=CN(C)C(C3CCC3)=CN(C)C=CN=C(CCc3ccc(C(F)(F)F)c(Cl)c3)C=CNCCNCC3(CCCC3)NC(C)[C@H](C3CCCC3)N12. The molecule has 0 bridgehead atoms. The first-order chi connectivity index (χ1) is 43.2. The molecular weight excluding hydrogens is 1150 g/mol. The van der Waals surface area contributed by atoms with Crippen molar-refractivity contribution >= 4 is 23.2 Å². The van der Waals surface area contributed by atoms with Gasteiger partial charge >= 0.3 is 6.18 Å². The summed E-state index contributed by atoms with van der Waals surface area (Å²) < 4.78 is 41.0. The van der Waals surface area contributed by atoms with E-state index in [1.165, 1.54) is 74.9 Å². The van der Waals surface area contributed by atoms with Gasteiger partial charge in [-0.05, 0) is 172 Å². The summed E-state index contributed by atoms with van der Waals surface area (Å²) in [5.74, 6) is 2.46. The number of nitrogens with zero attached hydrogens (tertiary/aromatic N) is 6. The molecule has 6 N–H and O–H groups in total. The number of alkyl halides is 3. The minimum atomic E-state index is -4.51. The van der Waals surface area contributed by atoms with Crippen LogP contribution in [0.3, 0.4) is 0 Å². The van der Waals surface area contributed by atoms with E-state index in [-0.39, 0.29) is 58.8 Å². The van der Waals surface area contributed by atoms with Crippen LogP contribution in [0.25, 0.3) is 0 Å². The van der Waals surface area contributed by atoms with Crippen molar-refractivity contribution in [2.75, 3.05) is 66.5 Å². The number of halogens is 4. The van der Waals surface area contributed by atoms with Crippen LogP contribution in [0, 0.1) is 29.6 Å². The molecule has 3 saturated carbocycles. The average Bonchev–Trinajstić information content (AvgIpc) is 0.933. The van der Waals surface area contributed by atoms with E-state index in [1.807, 2.05) is 24.7 Å². The molecule has 3 saturated heterocycles. The minimum Gasteiger partial charge on any atom is -0.390 e. The first kappa shape index (κ1) is 72.2. The number of nitrogens with one attached hydrogen (secondary N) is 6. The number of amides is 1. The molecule has 4 aliphatic heterocycles. The van der Waals surface area contributed by atoms with Crippen LogP contribution < -0.4 is 31.9 Å². The van der Waals surface area contributed by atoms with Gasteiger partial charge in [0, 0.05) is 174 Å². The number of fused-ring (bicyclic) bond motifs is 2. The van der Waals surface area contributed by atoms with Crippen LogP contribution in [0.2, 0.25) is 5.02 Å². The molecule has 17 heteroatoms. The molecule has 3 aliphatic carbocycles. The third-order valence-corrected chi connectivity index (χ3v) is 22.5. The summed E-state index contributed by atoms with van der Waals surface area (Å²) >= 11 is 6.20. The predicted octanol–water partition coefficient (Wildman–Crippen LogP) is 13.4. The number of aliphatic imine (C=N–C) groups is 1. The highest BCUT2D eigenvalue weighted by atomic mass is 35.5. The second kappa shape index (κ2) is 34.7. The third kappa shape index (κ3) is 19.5.